The summed E-state index contributed by atoms with van der Waals surface area (Å²) in [5.41, 5.74) is 2.60. The quantitative estimate of drug-likeness (QED) is 0.557. The molecule has 3 rings (SSSR count). The van der Waals surface area contributed by atoms with Crippen molar-refractivity contribution in [1.82, 2.24) is 20.0 Å². The summed E-state index contributed by atoms with van der Waals surface area (Å²) in [6.45, 7) is 4.33. The van der Waals surface area contributed by atoms with Crippen LogP contribution in [-0.4, -0.2) is 89.0 Å². The molecule has 1 aromatic carbocycles. The van der Waals surface area contributed by atoms with Gasteiger partial charge < -0.3 is 15.3 Å². The van der Waals surface area contributed by atoms with Crippen LogP contribution in [0.25, 0.3) is 0 Å². The van der Waals surface area contributed by atoms with Gasteiger partial charge in [0.15, 0.2) is 5.92 Å². The monoisotopic (exact) mass is 524 g/mol. The van der Waals surface area contributed by atoms with Crippen LogP contribution in [0.15, 0.2) is 18.2 Å². The molecule has 7 nitrogen and oxygen atoms in total. The lowest BCUT2D eigenvalue weighted by Gasteiger charge is -2.44. The van der Waals surface area contributed by atoms with Crippen LogP contribution in [0.1, 0.15) is 30.0 Å². The molecule has 2 aliphatic heterocycles. The highest BCUT2D eigenvalue weighted by atomic mass is 19.4. The van der Waals surface area contributed by atoms with E-state index in [0.29, 0.717) is 13.1 Å². The van der Waals surface area contributed by atoms with E-state index < -0.39 is 43.5 Å². The van der Waals surface area contributed by atoms with Crippen molar-refractivity contribution < 1.29 is 41.0 Å². The second-order valence-corrected chi connectivity index (χ2v) is 9.46. The lowest BCUT2D eigenvalue weighted by Crippen LogP contribution is -2.62. The maximum Gasteiger partial charge on any atom is 0.407 e. The minimum atomic E-state index is -5.64. The molecule has 0 aromatic heterocycles. The van der Waals surface area contributed by atoms with Crippen molar-refractivity contribution in [3.8, 4) is 0 Å². The molecule has 2 saturated heterocycles. The molecule has 2 aliphatic rings. The number of carbonyl (C=O) groups excluding carboxylic acids is 1. The van der Waals surface area contributed by atoms with Crippen molar-refractivity contribution in [3.63, 3.8) is 0 Å². The third kappa shape index (κ3) is 6.81. The summed E-state index contributed by atoms with van der Waals surface area (Å²) >= 11 is 0. The van der Waals surface area contributed by atoms with Gasteiger partial charge in [-0.1, -0.05) is 18.2 Å². The van der Waals surface area contributed by atoms with E-state index in [1.54, 1.807) is 12.1 Å². The van der Waals surface area contributed by atoms with E-state index in [1.165, 1.54) is 11.8 Å². The molecule has 0 aliphatic carbocycles. The first kappa shape index (κ1) is 28.0. The number of piperazine rings is 1. The number of benzene rings is 1. The van der Waals surface area contributed by atoms with Crippen LogP contribution in [0.3, 0.4) is 0 Å². The fourth-order valence-corrected chi connectivity index (χ4v) is 5.10. The Hall–Kier alpha value is -2.54. The molecule has 0 saturated carbocycles. The van der Waals surface area contributed by atoms with Gasteiger partial charge in [0.25, 0.3) is 0 Å². The number of hydrogen-bond acceptors (Lipinski definition) is 4. The number of rotatable bonds is 6. The van der Waals surface area contributed by atoms with Crippen LogP contribution < -0.4 is 5.32 Å². The minimum Gasteiger partial charge on any atom is -0.465 e. The van der Waals surface area contributed by atoms with E-state index in [2.05, 4.69) is 10.2 Å². The third-order valence-corrected chi connectivity index (χ3v) is 6.86. The van der Waals surface area contributed by atoms with Gasteiger partial charge in [0, 0.05) is 58.8 Å². The van der Waals surface area contributed by atoms with Crippen LogP contribution in [-0.2, 0) is 17.9 Å². The minimum absolute atomic E-state index is 0.0133. The number of carboxylic acid groups (broad SMARTS) is 1. The molecule has 0 bridgehead atoms. The van der Waals surface area contributed by atoms with E-state index in [0.717, 1.165) is 29.7 Å². The zero-order valence-corrected chi connectivity index (χ0v) is 20.0. The Morgan fingerprint density at radius 1 is 1.00 bits per heavy atom. The topological polar surface area (TPSA) is 76.1 Å². The molecule has 2 heterocycles. The maximum atomic E-state index is 13.4. The summed E-state index contributed by atoms with van der Waals surface area (Å²) < 4.78 is 80.5. The van der Waals surface area contributed by atoms with Crippen LogP contribution in [0.5, 0.6) is 0 Å². The van der Waals surface area contributed by atoms with Gasteiger partial charge in [-0.05, 0) is 30.0 Å². The predicted octanol–water partition coefficient (Wildman–Crippen LogP) is 3.61. The van der Waals surface area contributed by atoms with Gasteiger partial charge in [0.2, 0.25) is 5.91 Å². The molecular formula is C23H30F6N4O3. The first-order valence-corrected chi connectivity index (χ1v) is 11.6. The van der Waals surface area contributed by atoms with Crippen LogP contribution >= 0.6 is 0 Å². The van der Waals surface area contributed by atoms with Crippen molar-refractivity contribution in [2.45, 2.75) is 57.8 Å². The number of halogens is 6. The SMILES string of the molecule is CC(=O)NC1CCN(Cc2cccc(CN3CCN(C(=O)O)C(C(C(F)(F)F)C(F)(F)F)C3)c2C)C1. The molecule has 1 aromatic rings. The second-order valence-electron chi connectivity index (χ2n) is 9.46. The van der Waals surface area contributed by atoms with E-state index in [1.807, 2.05) is 13.0 Å². The summed E-state index contributed by atoms with van der Waals surface area (Å²) in [5, 5.41) is 12.2. The molecule has 2 unspecified atom stereocenters. The van der Waals surface area contributed by atoms with Crippen molar-refractivity contribution in [2.75, 3.05) is 32.7 Å². The first-order valence-electron chi connectivity index (χ1n) is 11.6. The molecule has 2 amide bonds. The molecule has 202 valence electrons. The highest BCUT2D eigenvalue weighted by Gasteiger charge is 2.62. The highest BCUT2D eigenvalue weighted by Crippen LogP contribution is 2.44. The van der Waals surface area contributed by atoms with Gasteiger partial charge in [-0.3, -0.25) is 14.6 Å². The van der Waals surface area contributed by atoms with Gasteiger partial charge in [0.1, 0.15) is 0 Å². The normalized spacial score (nSPS) is 22.3. The largest absolute Gasteiger partial charge is 0.465 e. The van der Waals surface area contributed by atoms with Crippen LogP contribution in [0.2, 0.25) is 0 Å². The second kappa shape index (κ2) is 10.8. The lowest BCUT2D eigenvalue weighted by atomic mass is 9.93. The van der Waals surface area contributed by atoms with Crippen LogP contribution in [0, 0.1) is 12.8 Å². The molecule has 36 heavy (non-hydrogen) atoms. The zero-order valence-electron chi connectivity index (χ0n) is 20.0. The molecular weight excluding hydrogens is 494 g/mol. The summed E-state index contributed by atoms with van der Waals surface area (Å²) in [5.74, 6) is -3.87. The molecule has 0 spiro atoms. The molecule has 2 N–H and O–H groups in total. The summed E-state index contributed by atoms with van der Waals surface area (Å²) in [4.78, 5) is 26.6. The van der Waals surface area contributed by atoms with Gasteiger partial charge in [-0.25, -0.2) is 4.79 Å². The average Bonchev–Trinajstić information content (AvgIpc) is 3.15. The summed E-state index contributed by atoms with van der Waals surface area (Å²) in [7, 11) is 0. The number of nitrogens with one attached hydrogen (secondary N) is 1. The van der Waals surface area contributed by atoms with E-state index in [-0.39, 0.29) is 29.9 Å². The Bertz CT molecular complexity index is 941. The standard InChI is InChI=1S/C23H30F6N4O3/c1-14-16(10-31-7-6-18(12-31)30-15(2)34)4-3-5-17(14)11-32-8-9-33(21(35)36)19(13-32)20(22(24,25)26)23(27,28)29/h3-5,18-20H,6-13H2,1-2H3,(H,30,34)(H,35,36). The Morgan fingerprint density at radius 2 is 1.56 bits per heavy atom. The van der Waals surface area contributed by atoms with Crippen molar-refractivity contribution in [1.29, 1.82) is 0 Å². The summed E-state index contributed by atoms with van der Waals surface area (Å²) in [6.07, 6.45) is -12.3. The Kier molecular flexibility index (Phi) is 8.44. The van der Waals surface area contributed by atoms with Crippen LogP contribution in [0.4, 0.5) is 31.1 Å². The third-order valence-electron chi connectivity index (χ3n) is 6.86. The van der Waals surface area contributed by atoms with Crippen molar-refractivity contribution in [3.05, 3.63) is 34.9 Å². The Labute approximate surface area is 205 Å². The van der Waals surface area contributed by atoms with E-state index in [9.17, 15) is 41.0 Å². The first-order chi connectivity index (χ1) is 16.7. The molecule has 13 heteroatoms. The van der Waals surface area contributed by atoms with Gasteiger partial charge in [-0.2, -0.15) is 26.3 Å². The number of carbonyl (C=O) groups is 2. The average molecular weight is 525 g/mol. The lowest BCUT2D eigenvalue weighted by molar-refractivity contribution is -0.300. The highest BCUT2D eigenvalue weighted by molar-refractivity contribution is 5.73. The number of alkyl halides is 6. The van der Waals surface area contributed by atoms with Crippen molar-refractivity contribution in [2.24, 2.45) is 5.92 Å². The van der Waals surface area contributed by atoms with E-state index in [4.69, 9.17) is 0 Å². The number of amides is 2. The zero-order chi connectivity index (χ0) is 26.8. The predicted molar refractivity (Wildman–Crippen MR) is 118 cm³/mol. The summed E-state index contributed by atoms with van der Waals surface area (Å²) in [6, 6.07) is 3.24. The fourth-order valence-electron chi connectivity index (χ4n) is 5.10. The fraction of sp³-hybridized carbons (Fsp3) is 0.652. The molecule has 0 radical (unpaired) electrons. The van der Waals surface area contributed by atoms with Crippen molar-refractivity contribution >= 4 is 12.0 Å². The van der Waals surface area contributed by atoms with Gasteiger partial charge >= 0.3 is 18.4 Å². The van der Waals surface area contributed by atoms with Gasteiger partial charge in [0.05, 0.1) is 6.04 Å². The number of hydrogen-bond donors (Lipinski definition) is 2. The number of likely N-dealkylation sites (tertiary alicyclic amines) is 1. The van der Waals surface area contributed by atoms with Gasteiger partial charge in [-0.15, -0.1) is 0 Å². The molecule has 2 atom stereocenters. The van der Waals surface area contributed by atoms with E-state index >= 15 is 0 Å². The Balaban J connectivity index is 1.75. The maximum absolute atomic E-state index is 13.4. The number of nitrogens with zero attached hydrogens (tertiary/aromatic N) is 3. The Morgan fingerprint density at radius 3 is 2.06 bits per heavy atom. The smallest absolute Gasteiger partial charge is 0.407 e. The molecule has 2 fully saturated rings.